The van der Waals surface area contributed by atoms with Crippen LogP contribution in [0.5, 0.6) is 0 Å². The van der Waals surface area contributed by atoms with Gasteiger partial charge in [-0.05, 0) is 52.4 Å². The van der Waals surface area contributed by atoms with Gasteiger partial charge < -0.3 is 15.7 Å². The van der Waals surface area contributed by atoms with Crippen molar-refractivity contribution in [3.63, 3.8) is 0 Å². The number of halogens is 1. The summed E-state index contributed by atoms with van der Waals surface area (Å²) in [6, 6.07) is 10.1. The van der Waals surface area contributed by atoms with Crippen molar-refractivity contribution in [1.29, 1.82) is 0 Å². The summed E-state index contributed by atoms with van der Waals surface area (Å²) in [6.45, 7) is 0.267. The number of carbonyl (C=O) groups excluding carboxylic acids is 1. The van der Waals surface area contributed by atoms with Gasteiger partial charge in [-0.25, -0.2) is 14.6 Å². The zero-order valence-electron chi connectivity index (χ0n) is 10.8. The Bertz CT molecular complexity index is 659. The van der Waals surface area contributed by atoms with Crippen LogP contribution in [0.3, 0.4) is 0 Å². The molecule has 0 bridgehead atoms. The largest absolute Gasteiger partial charge is 0.477 e. The van der Waals surface area contributed by atoms with Gasteiger partial charge in [0.05, 0.1) is 0 Å². The molecule has 21 heavy (non-hydrogen) atoms. The highest BCUT2D eigenvalue weighted by Crippen LogP contribution is 2.12. The van der Waals surface area contributed by atoms with Crippen LogP contribution < -0.4 is 10.6 Å². The van der Waals surface area contributed by atoms with E-state index in [9.17, 15) is 9.59 Å². The molecule has 1 aromatic heterocycles. The van der Waals surface area contributed by atoms with Gasteiger partial charge in [0.15, 0.2) is 0 Å². The van der Waals surface area contributed by atoms with Gasteiger partial charge >= 0.3 is 12.0 Å². The number of pyridine rings is 1. The summed E-state index contributed by atoms with van der Waals surface area (Å²) in [4.78, 5) is 26.2. The van der Waals surface area contributed by atoms with Crippen LogP contribution >= 0.6 is 22.6 Å². The maximum Gasteiger partial charge on any atom is 0.354 e. The molecule has 6 nitrogen and oxygen atoms in total. The number of aromatic nitrogens is 1. The van der Waals surface area contributed by atoms with Crippen LogP contribution in [-0.4, -0.2) is 22.1 Å². The third-order valence-corrected chi connectivity index (χ3v) is 3.25. The summed E-state index contributed by atoms with van der Waals surface area (Å²) in [5.74, 6) is -1.08. The predicted octanol–water partition coefficient (Wildman–Crippen LogP) is 2.71. The van der Waals surface area contributed by atoms with Crippen LogP contribution in [0.4, 0.5) is 10.5 Å². The molecule has 0 saturated carbocycles. The number of carbonyl (C=O) groups is 2. The molecule has 2 rings (SSSR count). The minimum atomic E-state index is -1.08. The van der Waals surface area contributed by atoms with Gasteiger partial charge in [-0.3, -0.25) is 0 Å². The fourth-order valence-electron chi connectivity index (χ4n) is 1.58. The number of carboxylic acids is 1. The molecule has 3 N–H and O–H groups in total. The van der Waals surface area contributed by atoms with Crippen molar-refractivity contribution in [3.05, 3.63) is 57.4 Å². The van der Waals surface area contributed by atoms with Crippen molar-refractivity contribution >= 4 is 40.3 Å². The van der Waals surface area contributed by atoms with E-state index in [4.69, 9.17) is 5.11 Å². The van der Waals surface area contributed by atoms with Crippen LogP contribution in [0.2, 0.25) is 0 Å². The van der Waals surface area contributed by atoms with Crippen molar-refractivity contribution in [3.8, 4) is 0 Å². The molecule has 0 unspecified atom stereocenters. The Kier molecular flexibility index (Phi) is 5.09. The predicted molar refractivity (Wildman–Crippen MR) is 86.2 cm³/mol. The highest BCUT2D eigenvalue weighted by Gasteiger charge is 2.05. The Morgan fingerprint density at radius 3 is 2.67 bits per heavy atom. The normalized spacial score (nSPS) is 9.95. The maximum absolute atomic E-state index is 11.7. The Balaban J connectivity index is 1.87. The maximum atomic E-state index is 11.7. The molecule has 2 aromatic rings. The van der Waals surface area contributed by atoms with Crippen LogP contribution in [-0.2, 0) is 6.54 Å². The van der Waals surface area contributed by atoms with Gasteiger partial charge in [-0.1, -0.05) is 12.1 Å². The number of carboxylic acid groups (broad SMARTS) is 1. The molecule has 0 fully saturated rings. The van der Waals surface area contributed by atoms with E-state index in [0.717, 1.165) is 9.13 Å². The van der Waals surface area contributed by atoms with E-state index in [1.54, 1.807) is 12.1 Å². The summed E-state index contributed by atoms with van der Waals surface area (Å²) in [7, 11) is 0. The Morgan fingerprint density at radius 1 is 1.24 bits per heavy atom. The third-order valence-electron chi connectivity index (χ3n) is 2.58. The van der Waals surface area contributed by atoms with E-state index >= 15 is 0 Å². The van der Waals surface area contributed by atoms with E-state index in [1.165, 1.54) is 12.3 Å². The summed E-state index contributed by atoms with van der Waals surface area (Å²) >= 11 is 2.16. The third kappa shape index (κ3) is 4.71. The second-order valence-corrected chi connectivity index (χ2v) is 5.42. The molecule has 1 heterocycles. The molecular weight excluding hydrogens is 385 g/mol. The van der Waals surface area contributed by atoms with Crippen LogP contribution in [0.1, 0.15) is 16.1 Å². The molecule has 2 amide bonds. The molecular formula is C14H12IN3O3. The number of urea groups is 1. The molecule has 0 aliphatic heterocycles. The standard InChI is InChI=1S/C14H12IN3O3/c15-10-2-1-3-11(6-10)18-14(21)17-8-9-4-5-12(13(19)20)16-7-9/h1-7H,8H2,(H,19,20)(H2,17,18,21). The summed E-state index contributed by atoms with van der Waals surface area (Å²) < 4.78 is 1.03. The lowest BCUT2D eigenvalue weighted by Crippen LogP contribution is -2.28. The first-order valence-electron chi connectivity index (χ1n) is 6.03. The SMILES string of the molecule is O=C(NCc1ccc(C(=O)O)nc1)Nc1cccc(I)c1. The number of nitrogens with one attached hydrogen (secondary N) is 2. The highest BCUT2D eigenvalue weighted by molar-refractivity contribution is 14.1. The fraction of sp³-hybridized carbons (Fsp3) is 0.0714. The lowest BCUT2D eigenvalue weighted by atomic mass is 10.2. The zero-order chi connectivity index (χ0) is 15.2. The molecule has 1 aromatic carbocycles. The summed E-state index contributed by atoms with van der Waals surface area (Å²) in [5, 5.41) is 14.1. The van der Waals surface area contributed by atoms with Crippen molar-refractivity contribution in [1.82, 2.24) is 10.3 Å². The first-order valence-corrected chi connectivity index (χ1v) is 7.11. The van der Waals surface area contributed by atoms with Crippen molar-refractivity contribution in [2.24, 2.45) is 0 Å². The number of anilines is 1. The number of amides is 2. The lowest BCUT2D eigenvalue weighted by molar-refractivity contribution is 0.0690. The first-order chi connectivity index (χ1) is 10.0. The number of benzene rings is 1. The highest BCUT2D eigenvalue weighted by atomic mass is 127. The molecule has 0 atom stereocenters. The molecule has 0 spiro atoms. The minimum absolute atomic E-state index is 0.0259. The molecule has 7 heteroatoms. The second-order valence-electron chi connectivity index (χ2n) is 4.17. The monoisotopic (exact) mass is 397 g/mol. The molecule has 108 valence electrons. The number of nitrogens with zero attached hydrogens (tertiary/aromatic N) is 1. The summed E-state index contributed by atoms with van der Waals surface area (Å²) in [5.41, 5.74) is 1.40. The Morgan fingerprint density at radius 2 is 2.05 bits per heavy atom. The number of aromatic carboxylic acids is 1. The van der Waals surface area contributed by atoms with Crippen molar-refractivity contribution in [2.45, 2.75) is 6.54 Å². The number of rotatable bonds is 4. The van der Waals surface area contributed by atoms with Gasteiger partial charge in [0, 0.05) is 22.0 Å². The van der Waals surface area contributed by atoms with E-state index in [-0.39, 0.29) is 18.3 Å². The lowest BCUT2D eigenvalue weighted by Gasteiger charge is -2.08. The Hall–Kier alpha value is -2.16. The van der Waals surface area contributed by atoms with Gasteiger partial charge in [0.2, 0.25) is 0 Å². The molecule has 0 saturated heterocycles. The molecule has 0 aliphatic rings. The topological polar surface area (TPSA) is 91.3 Å². The smallest absolute Gasteiger partial charge is 0.354 e. The Labute approximate surface area is 134 Å². The fourth-order valence-corrected chi connectivity index (χ4v) is 2.12. The van der Waals surface area contributed by atoms with E-state index in [0.29, 0.717) is 5.69 Å². The first kappa shape index (κ1) is 15.2. The minimum Gasteiger partial charge on any atom is -0.477 e. The van der Waals surface area contributed by atoms with Crippen LogP contribution in [0, 0.1) is 3.57 Å². The van der Waals surface area contributed by atoms with Gasteiger partial charge in [0.25, 0.3) is 0 Å². The average molecular weight is 397 g/mol. The quantitative estimate of drug-likeness (QED) is 0.692. The molecule has 0 aliphatic carbocycles. The van der Waals surface area contributed by atoms with Crippen LogP contribution in [0.15, 0.2) is 42.6 Å². The van der Waals surface area contributed by atoms with E-state index < -0.39 is 5.97 Å². The van der Waals surface area contributed by atoms with E-state index in [1.807, 2.05) is 18.2 Å². The zero-order valence-corrected chi connectivity index (χ0v) is 13.0. The average Bonchev–Trinajstić information content (AvgIpc) is 2.45. The number of hydrogen-bond acceptors (Lipinski definition) is 3. The van der Waals surface area contributed by atoms with E-state index in [2.05, 4.69) is 38.2 Å². The van der Waals surface area contributed by atoms with Crippen LogP contribution in [0.25, 0.3) is 0 Å². The summed E-state index contributed by atoms with van der Waals surface area (Å²) in [6.07, 6.45) is 1.43. The van der Waals surface area contributed by atoms with Gasteiger partial charge in [-0.15, -0.1) is 0 Å². The van der Waals surface area contributed by atoms with Gasteiger partial charge in [-0.2, -0.15) is 0 Å². The van der Waals surface area contributed by atoms with Crippen molar-refractivity contribution in [2.75, 3.05) is 5.32 Å². The molecule has 0 radical (unpaired) electrons. The number of hydrogen-bond donors (Lipinski definition) is 3. The second kappa shape index (κ2) is 7.02. The van der Waals surface area contributed by atoms with Gasteiger partial charge in [0.1, 0.15) is 5.69 Å². The van der Waals surface area contributed by atoms with Crippen molar-refractivity contribution < 1.29 is 14.7 Å².